The highest BCUT2D eigenvalue weighted by Gasteiger charge is 2.11. The summed E-state index contributed by atoms with van der Waals surface area (Å²) in [7, 11) is 0. The molecule has 0 spiro atoms. The number of aliphatic carboxylic acids is 1. The van der Waals surface area contributed by atoms with Crippen molar-refractivity contribution in [2.75, 3.05) is 6.61 Å². The number of unbranched alkanes of at least 4 members (excludes halogenated alkanes) is 15. The van der Waals surface area contributed by atoms with Crippen molar-refractivity contribution in [3.63, 3.8) is 0 Å². The number of ether oxygens (including phenoxy) is 1. The molecule has 0 bridgehead atoms. The first-order chi connectivity index (χ1) is 15.1. The Hall–Kier alpha value is -1.55. The molecule has 2 N–H and O–H groups in total. The monoisotopic (exact) mass is 434 g/mol. The molecule has 0 heterocycles. The highest BCUT2D eigenvalue weighted by atomic mass is 16.5. The van der Waals surface area contributed by atoms with Gasteiger partial charge in [0.2, 0.25) is 0 Å². The molecule has 0 saturated heterocycles. The van der Waals surface area contributed by atoms with E-state index in [9.17, 15) is 9.90 Å². The smallest absolute Gasteiger partial charge is 0.306 e. The summed E-state index contributed by atoms with van der Waals surface area (Å²) in [4.78, 5) is 10.6. The molecule has 0 aromatic heterocycles. The van der Waals surface area contributed by atoms with Gasteiger partial charge in [-0.05, 0) is 24.1 Å². The molecule has 0 amide bonds. The third-order valence-electron chi connectivity index (χ3n) is 5.90. The van der Waals surface area contributed by atoms with Crippen LogP contribution in [0.3, 0.4) is 0 Å². The van der Waals surface area contributed by atoms with Gasteiger partial charge in [-0.1, -0.05) is 115 Å². The van der Waals surface area contributed by atoms with Gasteiger partial charge >= 0.3 is 5.97 Å². The molecule has 0 aliphatic carbocycles. The molecule has 178 valence electrons. The van der Waals surface area contributed by atoms with Crippen LogP contribution in [0.2, 0.25) is 0 Å². The molecular weight excluding hydrogens is 388 g/mol. The molecule has 1 aromatic rings. The number of carboxylic acids is 1. The first-order valence-corrected chi connectivity index (χ1v) is 12.8. The van der Waals surface area contributed by atoms with Crippen molar-refractivity contribution in [1.82, 2.24) is 0 Å². The van der Waals surface area contributed by atoms with Gasteiger partial charge in [0.05, 0.1) is 19.1 Å². The second kappa shape index (κ2) is 19.2. The van der Waals surface area contributed by atoms with Gasteiger partial charge in [-0.2, -0.15) is 0 Å². The molecule has 0 fully saturated rings. The number of carboxylic acid groups (broad SMARTS) is 1. The molecular formula is C27H46O4. The third kappa shape index (κ3) is 15.8. The van der Waals surface area contributed by atoms with Crippen LogP contribution in [0.25, 0.3) is 0 Å². The average Bonchev–Trinajstić information content (AvgIpc) is 2.76. The number of hydrogen-bond acceptors (Lipinski definition) is 3. The summed E-state index contributed by atoms with van der Waals surface area (Å²) in [6, 6.07) is 7.06. The Bertz CT molecular complexity index is 541. The molecule has 4 heteroatoms. The summed E-state index contributed by atoms with van der Waals surface area (Å²) in [6.45, 7) is 2.98. The summed E-state index contributed by atoms with van der Waals surface area (Å²) >= 11 is 0. The zero-order valence-corrected chi connectivity index (χ0v) is 19.8. The van der Waals surface area contributed by atoms with Crippen LogP contribution in [0, 0.1) is 0 Å². The van der Waals surface area contributed by atoms with E-state index in [1.807, 2.05) is 0 Å². The number of hydrogen-bond donors (Lipinski definition) is 2. The molecule has 1 atom stereocenters. The van der Waals surface area contributed by atoms with E-state index in [1.54, 1.807) is 24.3 Å². The molecule has 0 aliphatic heterocycles. The Kier molecular flexibility index (Phi) is 17.0. The summed E-state index contributed by atoms with van der Waals surface area (Å²) < 4.78 is 5.74. The van der Waals surface area contributed by atoms with Crippen LogP contribution in [-0.4, -0.2) is 22.8 Å². The molecule has 4 nitrogen and oxygen atoms in total. The van der Waals surface area contributed by atoms with Crippen LogP contribution < -0.4 is 4.74 Å². The fourth-order valence-electron chi connectivity index (χ4n) is 3.91. The van der Waals surface area contributed by atoms with Gasteiger partial charge in [-0.15, -0.1) is 0 Å². The first-order valence-electron chi connectivity index (χ1n) is 12.8. The summed E-state index contributed by atoms with van der Waals surface area (Å²) in [6.07, 6.45) is 20.5. The highest BCUT2D eigenvalue weighted by molar-refractivity contribution is 5.67. The van der Waals surface area contributed by atoms with Crippen molar-refractivity contribution in [3.05, 3.63) is 29.8 Å². The lowest BCUT2D eigenvalue weighted by molar-refractivity contribution is -0.139. The Labute approximate surface area is 190 Å². The largest absolute Gasteiger partial charge is 0.494 e. The van der Waals surface area contributed by atoms with E-state index in [0.29, 0.717) is 12.2 Å². The van der Waals surface area contributed by atoms with Gasteiger partial charge in [0.25, 0.3) is 0 Å². The molecule has 0 aliphatic rings. The van der Waals surface area contributed by atoms with Crippen LogP contribution in [0.1, 0.15) is 128 Å². The van der Waals surface area contributed by atoms with E-state index in [2.05, 4.69) is 6.92 Å². The van der Waals surface area contributed by atoms with Gasteiger partial charge in [0.1, 0.15) is 5.75 Å². The van der Waals surface area contributed by atoms with Gasteiger partial charge in [-0.25, -0.2) is 0 Å². The van der Waals surface area contributed by atoms with Gasteiger partial charge in [-0.3, -0.25) is 4.79 Å². The summed E-state index contributed by atoms with van der Waals surface area (Å²) in [5.41, 5.74) is 0.608. The van der Waals surface area contributed by atoms with E-state index in [-0.39, 0.29) is 6.42 Å². The number of aliphatic hydroxyl groups is 1. The van der Waals surface area contributed by atoms with Crippen molar-refractivity contribution in [1.29, 1.82) is 0 Å². The number of rotatable bonds is 21. The highest BCUT2D eigenvalue weighted by Crippen LogP contribution is 2.20. The minimum absolute atomic E-state index is 0.278. The Morgan fingerprint density at radius 1 is 0.742 bits per heavy atom. The molecule has 1 rings (SSSR count). The van der Waals surface area contributed by atoms with Crippen molar-refractivity contribution in [2.24, 2.45) is 0 Å². The Morgan fingerprint density at radius 2 is 1.16 bits per heavy atom. The number of carbonyl (C=O) groups is 1. The zero-order valence-electron chi connectivity index (χ0n) is 19.8. The van der Waals surface area contributed by atoms with E-state index in [1.165, 1.54) is 96.3 Å². The second-order valence-corrected chi connectivity index (χ2v) is 8.83. The van der Waals surface area contributed by atoms with Gasteiger partial charge in [0, 0.05) is 0 Å². The summed E-state index contributed by atoms with van der Waals surface area (Å²) in [5.74, 6) is -0.233. The predicted octanol–water partition coefficient (Wildman–Crippen LogP) is 7.84. The van der Waals surface area contributed by atoms with Gasteiger partial charge < -0.3 is 14.9 Å². The normalized spacial score (nSPS) is 12.1. The molecule has 31 heavy (non-hydrogen) atoms. The standard InChI is InChI=1S/C27H46O4/c1-2-3-4-5-6-7-8-9-10-11-12-13-14-15-16-17-22-31-25-20-18-24(19-21-25)26(28)23-27(29)30/h18-21,26,28H,2-17,22-23H2,1H3,(H,29,30). The van der Waals surface area contributed by atoms with Crippen LogP contribution in [0.5, 0.6) is 5.75 Å². The van der Waals surface area contributed by atoms with Crippen molar-refractivity contribution < 1.29 is 19.7 Å². The lowest BCUT2D eigenvalue weighted by atomic mass is 10.0. The van der Waals surface area contributed by atoms with Crippen molar-refractivity contribution in [3.8, 4) is 5.75 Å². The second-order valence-electron chi connectivity index (χ2n) is 8.83. The van der Waals surface area contributed by atoms with Crippen LogP contribution in [0.15, 0.2) is 24.3 Å². The van der Waals surface area contributed by atoms with Crippen LogP contribution in [-0.2, 0) is 4.79 Å². The minimum atomic E-state index is -1.00. The van der Waals surface area contributed by atoms with Gasteiger partial charge in [0.15, 0.2) is 0 Å². The maximum absolute atomic E-state index is 10.6. The predicted molar refractivity (Wildman–Crippen MR) is 129 cm³/mol. The Balaban J connectivity index is 1.87. The van der Waals surface area contributed by atoms with Crippen molar-refractivity contribution in [2.45, 2.75) is 122 Å². The van der Waals surface area contributed by atoms with E-state index < -0.39 is 12.1 Å². The van der Waals surface area contributed by atoms with Crippen molar-refractivity contribution >= 4 is 5.97 Å². The SMILES string of the molecule is CCCCCCCCCCCCCCCCCCOc1ccc(C(O)CC(=O)O)cc1. The number of benzene rings is 1. The Morgan fingerprint density at radius 3 is 1.58 bits per heavy atom. The fraction of sp³-hybridized carbons (Fsp3) is 0.741. The van der Waals surface area contributed by atoms with E-state index in [4.69, 9.17) is 9.84 Å². The zero-order chi connectivity index (χ0) is 22.6. The average molecular weight is 435 g/mol. The lowest BCUT2D eigenvalue weighted by Gasteiger charge is -2.10. The van der Waals surface area contributed by atoms with E-state index >= 15 is 0 Å². The van der Waals surface area contributed by atoms with E-state index in [0.717, 1.165) is 12.2 Å². The van der Waals surface area contributed by atoms with Crippen LogP contribution >= 0.6 is 0 Å². The molecule has 1 aromatic carbocycles. The minimum Gasteiger partial charge on any atom is -0.494 e. The quantitative estimate of drug-likeness (QED) is 0.193. The molecule has 0 saturated carbocycles. The number of aliphatic hydroxyl groups excluding tert-OH is 1. The lowest BCUT2D eigenvalue weighted by Crippen LogP contribution is -2.05. The van der Waals surface area contributed by atoms with Crippen LogP contribution in [0.4, 0.5) is 0 Å². The third-order valence-corrected chi connectivity index (χ3v) is 5.90. The molecule has 0 radical (unpaired) electrons. The summed E-state index contributed by atoms with van der Waals surface area (Å²) in [5, 5.41) is 18.5. The fourth-order valence-corrected chi connectivity index (χ4v) is 3.91. The first kappa shape index (κ1) is 27.5. The maximum Gasteiger partial charge on any atom is 0.306 e. The topological polar surface area (TPSA) is 66.8 Å². The molecule has 1 unspecified atom stereocenters. The maximum atomic E-state index is 10.6.